The van der Waals surface area contributed by atoms with E-state index in [-0.39, 0.29) is 11.6 Å². The first-order chi connectivity index (χ1) is 8.99. The molecule has 19 heavy (non-hydrogen) atoms. The first-order valence-electron chi connectivity index (χ1n) is 4.97. The maximum absolute atomic E-state index is 12.0. The molecule has 1 N–H and O–H groups in total. The third-order valence-electron chi connectivity index (χ3n) is 2.23. The summed E-state index contributed by atoms with van der Waals surface area (Å²) in [5, 5.41) is 15.1. The minimum absolute atomic E-state index is 0.0799. The van der Waals surface area contributed by atoms with Crippen molar-refractivity contribution >= 4 is 60.5 Å². The fourth-order valence-electron chi connectivity index (χ4n) is 1.36. The van der Waals surface area contributed by atoms with E-state index in [1.165, 1.54) is 29.5 Å². The summed E-state index contributed by atoms with van der Waals surface area (Å²) in [5.74, 6) is -0.317. The first kappa shape index (κ1) is 14.2. The van der Waals surface area contributed by atoms with Crippen molar-refractivity contribution in [1.82, 2.24) is 0 Å². The van der Waals surface area contributed by atoms with Gasteiger partial charge in [0.25, 0.3) is 11.6 Å². The second-order valence-corrected chi connectivity index (χ2v) is 6.10. The Kier molecular flexibility index (Phi) is 4.33. The number of nitrogens with one attached hydrogen (secondary N) is 1. The van der Waals surface area contributed by atoms with E-state index in [2.05, 4.69) is 37.2 Å². The Morgan fingerprint density at radius 3 is 2.58 bits per heavy atom. The molecule has 0 saturated carbocycles. The molecule has 2 aromatic rings. The first-order valence-corrected chi connectivity index (χ1v) is 7.44. The van der Waals surface area contributed by atoms with Gasteiger partial charge < -0.3 is 5.32 Å². The van der Waals surface area contributed by atoms with Crippen LogP contribution in [0, 0.1) is 10.1 Å². The summed E-state index contributed by atoms with van der Waals surface area (Å²) in [6.45, 7) is 0. The fraction of sp³-hybridized carbons (Fsp3) is 0. The van der Waals surface area contributed by atoms with Crippen LogP contribution in [0.1, 0.15) is 9.67 Å². The van der Waals surface area contributed by atoms with Gasteiger partial charge in [0, 0.05) is 21.1 Å². The number of hydrogen-bond acceptors (Lipinski definition) is 4. The molecule has 1 heterocycles. The van der Waals surface area contributed by atoms with Crippen LogP contribution < -0.4 is 5.32 Å². The average molecular weight is 406 g/mol. The van der Waals surface area contributed by atoms with Gasteiger partial charge in [-0.2, -0.15) is 0 Å². The summed E-state index contributed by atoms with van der Waals surface area (Å²) in [6.07, 6.45) is 0. The lowest BCUT2D eigenvalue weighted by molar-refractivity contribution is -0.384. The molecule has 0 aliphatic rings. The predicted octanol–water partition coefficient (Wildman–Crippen LogP) is 4.43. The lowest BCUT2D eigenvalue weighted by Gasteiger charge is -2.06. The molecule has 0 unspecified atom stereocenters. The molecule has 5 nitrogen and oxygen atoms in total. The molecule has 0 saturated heterocycles. The highest BCUT2D eigenvalue weighted by molar-refractivity contribution is 9.11. The third kappa shape index (κ3) is 3.20. The summed E-state index contributed by atoms with van der Waals surface area (Å²) >= 11 is 7.80. The number of amides is 1. The minimum Gasteiger partial charge on any atom is -0.320 e. The average Bonchev–Trinajstić information content (AvgIpc) is 2.78. The standard InChI is InChI=1S/C11H6Br2N2O3S/c12-7-2-1-6(15(17)18)5-9(7)14-11(16)10-8(13)3-4-19-10/h1-5H,(H,14,16). The highest BCUT2D eigenvalue weighted by Gasteiger charge is 2.15. The quantitative estimate of drug-likeness (QED) is 0.606. The number of rotatable bonds is 3. The summed E-state index contributed by atoms with van der Waals surface area (Å²) in [4.78, 5) is 22.7. The van der Waals surface area contributed by atoms with Crippen LogP contribution in [0.4, 0.5) is 11.4 Å². The predicted molar refractivity (Wildman–Crippen MR) is 80.8 cm³/mol. The Hall–Kier alpha value is -1.25. The molecule has 0 aliphatic heterocycles. The number of nitro benzene ring substituents is 1. The van der Waals surface area contributed by atoms with E-state index in [0.717, 1.165) is 0 Å². The van der Waals surface area contributed by atoms with Crippen molar-refractivity contribution < 1.29 is 9.72 Å². The maximum atomic E-state index is 12.0. The number of anilines is 1. The highest BCUT2D eigenvalue weighted by Crippen LogP contribution is 2.29. The van der Waals surface area contributed by atoms with Crippen molar-refractivity contribution in [3.05, 3.63) is 53.6 Å². The second-order valence-electron chi connectivity index (χ2n) is 3.47. The Morgan fingerprint density at radius 2 is 2.00 bits per heavy atom. The van der Waals surface area contributed by atoms with Crippen LogP contribution in [0.15, 0.2) is 38.6 Å². The van der Waals surface area contributed by atoms with E-state index in [9.17, 15) is 14.9 Å². The van der Waals surface area contributed by atoms with Crippen LogP contribution in [0.3, 0.4) is 0 Å². The lowest BCUT2D eigenvalue weighted by atomic mass is 10.2. The topological polar surface area (TPSA) is 72.2 Å². The van der Waals surface area contributed by atoms with Gasteiger partial charge in [0.1, 0.15) is 4.88 Å². The number of nitrogens with zero attached hydrogens (tertiary/aromatic N) is 1. The Bertz CT molecular complexity index is 657. The number of nitro groups is 1. The number of carbonyl (C=O) groups is 1. The summed E-state index contributed by atoms with van der Waals surface area (Å²) < 4.78 is 1.27. The normalized spacial score (nSPS) is 10.2. The summed E-state index contributed by atoms with van der Waals surface area (Å²) in [5.41, 5.74) is 0.281. The van der Waals surface area contributed by atoms with Gasteiger partial charge in [-0.15, -0.1) is 11.3 Å². The van der Waals surface area contributed by atoms with Gasteiger partial charge in [-0.05, 0) is 49.4 Å². The smallest absolute Gasteiger partial charge is 0.271 e. The zero-order valence-corrected chi connectivity index (χ0v) is 13.2. The van der Waals surface area contributed by atoms with Crippen LogP contribution in [-0.4, -0.2) is 10.8 Å². The summed E-state index contributed by atoms with van der Waals surface area (Å²) in [7, 11) is 0. The van der Waals surface area contributed by atoms with Crippen LogP contribution >= 0.6 is 43.2 Å². The highest BCUT2D eigenvalue weighted by atomic mass is 79.9. The largest absolute Gasteiger partial charge is 0.320 e. The molecule has 0 bridgehead atoms. The van der Waals surface area contributed by atoms with Crippen molar-refractivity contribution in [2.45, 2.75) is 0 Å². The van der Waals surface area contributed by atoms with Crippen molar-refractivity contribution in [1.29, 1.82) is 0 Å². The van der Waals surface area contributed by atoms with Crippen molar-refractivity contribution in [3.63, 3.8) is 0 Å². The van der Waals surface area contributed by atoms with Gasteiger partial charge in [-0.1, -0.05) is 0 Å². The number of thiophene rings is 1. The van der Waals surface area contributed by atoms with E-state index < -0.39 is 4.92 Å². The third-order valence-corrected chi connectivity index (χ3v) is 4.76. The van der Waals surface area contributed by atoms with Gasteiger partial charge in [0.15, 0.2) is 0 Å². The number of hydrogen-bond donors (Lipinski definition) is 1. The monoisotopic (exact) mass is 404 g/mol. The molecule has 98 valence electrons. The number of carbonyl (C=O) groups excluding carboxylic acids is 1. The molecular weight excluding hydrogens is 400 g/mol. The van der Waals surface area contributed by atoms with Crippen LogP contribution in [-0.2, 0) is 0 Å². The molecule has 0 fully saturated rings. The van der Waals surface area contributed by atoms with Gasteiger partial charge in [-0.25, -0.2) is 0 Å². The number of halogens is 2. The van der Waals surface area contributed by atoms with E-state index in [4.69, 9.17) is 0 Å². The molecule has 0 spiro atoms. The molecule has 1 aromatic heterocycles. The SMILES string of the molecule is O=C(Nc1cc([N+](=O)[O-])ccc1Br)c1sccc1Br. The van der Waals surface area contributed by atoms with Crippen LogP contribution in [0.5, 0.6) is 0 Å². The van der Waals surface area contributed by atoms with Crippen molar-refractivity contribution in [2.24, 2.45) is 0 Å². The van der Waals surface area contributed by atoms with Crippen molar-refractivity contribution in [2.75, 3.05) is 5.32 Å². The van der Waals surface area contributed by atoms with E-state index in [0.29, 0.717) is 19.5 Å². The van der Waals surface area contributed by atoms with Gasteiger partial charge in [-0.3, -0.25) is 14.9 Å². The second kappa shape index (κ2) is 5.81. The fourth-order valence-corrected chi connectivity index (χ4v) is 3.15. The van der Waals surface area contributed by atoms with E-state index in [1.54, 1.807) is 11.4 Å². The summed E-state index contributed by atoms with van der Waals surface area (Å²) in [6, 6.07) is 5.96. The molecule has 1 aromatic carbocycles. The molecule has 2 rings (SSSR count). The van der Waals surface area contributed by atoms with Gasteiger partial charge in [0.05, 0.1) is 10.6 Å². The van der Waals surface area contributed by atoms with Gasteiger partial charge >= 0.3 is 0 Å². The molecular formula is C11H6Br2N2O3S. The molecule has 0 atom stereocenters. The van der Waals surface area contributed by atoms with Crippen LogP contribution in [0.2, 0.25) is 0 Å². The van der Waals surface area contributed by atoms with E-state index >= 15 is 0 Å². The Morgan fingerprint density at radius 1 is 1.26 bits per heavy atom. The zero-order valence-electron chi connectivity index (χ0n) is 9.22. The molecule has 1 amide bonds. The number of benzene rings is 1. The van der Waals surface area contributed by atoms with Gasteiger partial charge in [0.2, 0.25) is 0 Å². The molecule has 0 radical (unpaired) electrons. The maximum Gasteiger partial charge on any atom is 0.271 e. The number of non-ortho nitro benzene ring substituents is 1. The Labute approximate surface area is 129 Å². The minimum atomic E-state index is -0.511. The molecule has 8 heteroatoms. The zero-order chi connectivity index (χ0) is 14.0. The van der Waals surface area contributed by atoms with Crippen molar-refractivity contribution in [3.8, 4) is 0 Å². The van der Waals surface area contributed by atoms with E-state index in [1.807, 2.05) is 0 Å². The van der Waals surface area contributed by atoms with Crippen LogP contribution in [0.25, 0.3) is 0 Å². The lowest BCUT2D eigenvalue weighted by Crippen LogP contribution is -2.11. The molecule has 0 aliphatic carbocycles. The Balaban J connectivity index is 2.28.